The summed E-state index contributed by atoms with van der Waals surface area (Å²) in [5.74, 6) is -0.764. The Morgan fingerprint density at radius 2 is 2.10 bits per heavy atom. The number of amides is 2. The van der Waals surface area contributed by atoms with Crippen LogP contribution in [0.2, 0.25) is 0 Å². The van der Waals surface area contributed by atoms with Gasteiger partial charge >= 0.3 is 12.1 Å². The number of benzene rings is 1. The van der Waals surface area contributed by atoms with Crippen molar-refractivity contribution >= 4 is 40.5 Å². The number of hydrogen-bond acceptors (Lipinski definition) is 8. The highest BCUT2D eigenvalue weighted by atomic mass is 32.1. The molecule has 3 aliphatic rings. The zero-order valence-corrected chi connectivity index (χ0v) is 24.6. The first kappa shape index (κ1) is 28.1. The number of allylic oxidation sites excluding steroid dienone is 1. The third-order valence-corrected chi connectivity index (χ3v) is 9.22. The second-order valence-electron chi connectivity index (χ2n) is 11.6. The zero-order valence-electron chi connectivity index (χ0n) is 23.8. The summed E-state index contributed by atoms with van der Waals surface area (Å²) < 4.78 is 10.9. The molecule has 1 fully saturated rings. The number of thiazole rings is 1. The standard InChI is InChI=1S/C30H38N4O5S/c1-6-18(2)25-26(35)34-15-21(13-23(34)27(36)38-5)39-29(37)33-14-20-10-7-9-19(22(20)16-33)11-8-12-30(3,4)24-17-40-28(31-24)32-25/h7-11,17-18,21,23,25H,6,12-16H2,1-5H3,(H,31,32)/b11-8+/t18-,21+,23-,25-/m0/s1. The lowest BCUT2D eigenvalue weighted by atomic mass is 9.86. The molecule has 10 heteroatoms. The predicted molar refractivity (Wildman–Crippen MR) is 154 cm³/mol. The summed E-state index contributed by atoms with van der Waals surface area (Å²) in [5, 5.41) is 6.09. The minimum absolute atomic E-state index is 0.0267. The van der Waals surface area contributed by atoms with Crippen molar-refractivity contribution in [1.29, 1.82) is 0 Å². The maximum atomic E-state index is 14.0. The van der Waals surface area contributed by atoms with Crippen molar-refractivity contribution in [1.82, 2.24) is 14.8 Å². The van der Waals surface area contributed by atoms with Crippen LogP contribution in [0.1, 0.15) is 69.3 Å². The lowest BCUT2D eigenvalue weighted by molar-refractivity contribution is -0.151. The molecular formula is C30H38N4O5S. The normalized spacial score (nSPS) is 25.8. The summed E-state index contributed by atoms with van der Waals surface area (Å²) in [6, 6.07) is 4.70. The Balaban J connectivity index is 1.52. The van der Waals surface area contributed by atoms with Crippen LogP contribution in [0, 0.1) is 5.92 Å². The molecule has 5 rings (SSSR count). The van der Waals surface area contributed by atoms with E-state index in [9.17, 15) is 14.4 Å². The van der Waals surface area contributed by atoms with Crippen molar-refractivity contribution in [2.45, 2.75) is 83.6 Å². The average molecular weight is 567 g/mol. The minimum atomic E-state index is -0.826. The molecule has 1 aromatic heterocycles. The molecule has 2 amide bonds. The van der Waals surface area contributed by atoms with Crippen LogP contribution in [0.25, 0.3) is 6.08 Å². The van der Waals surface area contributed by atoms with E-state index in [0.29, 0.717) is 18.2 Å². The largest absolute Gasteiger partial charge is 0.467 e. The van der Waals surface area contributed by atoms with Crippen molar-refractivity contribution in [2.24, 2.45) is 5.92 Å². The van der Waals surface area contributed by atoms with E-state index in [2.05, 4.69) is 37.4 Å². The number of fused-ring (bicyclic) bond motifs is 5. The molecule has 6 bridgehead atoms. The van der Waals surface area contributed by atoms with E-state index < -0.39 is 30.3 Å². The van der Waals surface area contributed by atoms with Crippen molar-refractivity contribution in [2.75, 3.05) is 19.0 Å². The van der Waals surface area contributed by atoms with Gasteiger partial charge in [-0.3, -0.25) is 9.69 Å². The van der Waals surface area contributed by atoms with Crippen LogP contribution in [0.5, 0.6) is 0 Å². The molecular weight excluding hydrogens is 528 g/mol. The van der Waals surface area contributed by atoms with Gasteiger partial charge in [0.15, 0.2) is 5.13 Å². The highest BCUT2D eigenvalue weighted by Gasteiger charge is 2.45. The van der Waals surface area contributed by atoms with Gasteiger partial charge in [-0.1, -0.05) is 64.5 Å². The van der Waals surface area contributed by atoms with E-state index in [0.717, 1.165) is 35.2 Å². The summed E-state index contributed by atoms with van der Waals surface area (Å²) in [6.45, 7) is 9.39. The SMILES string of the molecule is CC[C@H](C)[C@@H]1Nc2nc(cs2)C(C)(C)C/C=C/c2cccc3c2CN(C3)C(=O)O[C@@H]2C[C@@H](C(=O)OC)N(C2)C1=O. The molecule has 4 heterocycles. The number of rotatable bonds is 3. The quantitative estimate of drug-likeness (QED) is 0.524. The van der Waals surface area contributed by atoms with E-state index in [-0.39, 0.29) is 30.2 Å². The first-order chi connectivity index (χ1) is 19.1. The number of ether oxygens (including phenoxy) is 2. The molecule has 2 aromatic rings. The van der Waals surface area contributed by atoms with Gasteiger partial charge in [-0.2, -0.15) is 0 Å². The summed E-state index contributed by atoms with van der Waals surface area (Å²) in [6.07, 6.45) is 4.96. The first-order valence-electron chi connectivity index (χ1n) is 13.9. The van der Waals surface area contributed by atoms with E-state index >= 15 is 0 Å². The summed E-state index contributed by atoms with van der Waals surface area (Å²) in [5.41, 5.74) is 4.02. The van der Waals surface area contributed by atoms with Crippen LogP contribution < -0.4 is 5.32 Å². The van der Waals surface area contributed by atoms with E-state index in [1.54, 1.807) is 4.90 Å². The molecule has 0 saturated carbocycles. The van der Waals surface area contributed by atoms with Gasteiger partial charge in [-0.15, -0.1) is 11.3 Å². The topological polar surface area (TPSA) is 101 Å². The highest BCUT2D eigenvalue weighted by molar-refractivity contribution is 7.13. The number of nitrogens with one attached hydrogen (secondary N) is 1. The third-order valence-electron chi connectivity index (χ3n) is 8.45. The Labute approximate surface area is 239 Å². The van der Waals surface area contributed by atoms with E-state index in [1.165, 1.54) is 23.3 Å². The number of nitrogens with zero attached hydrogens (tertiary/aromatic N) is 3. The summed E-state index contributed by atoms with van der Waals surface area (Å²) in [7, 11) is 1.31. The van der Waals surface area contributed by atoms with Crippen LogP contribution in [0.15, 0.2) is 29.7 Å². The molecule has 1 N–H and O–H groups in total. The molecule has 0 unspecified atom stereocenters. The number of aromatic nitrogens is 1. The summed E-state index contributed by atoms with van der Waals surface area (Å²) in [4.78, 5) is 48.1. The Kier molecular flexibility index (Phi) is 7.90. The molecule has 40 heavy (non-hydrogen) atoms. The van der Waals surface area contributed by atoms with Gasteiger partial charge in [-0.05, 0) is 29.0 Å². The van der Waals surface area contributed by atoms with Gasteiger partial charge in [0.05, 0.1) is 25.9 Å². The highest BCUT2D eigenvalue weighted by Crippen LogP contribution is 2.34. The first-order valence-corrected chi connectivity index (χ1v) is 14.8. The van der Waals surface area contributed by atoms with Gasteiger partial charge in [0, 0.05) is 23.8 Å². The van der Waals surface area contributed by atoms with Crippen molar-refractivity contribution in [3.05, 3.63) is 52.0 Å². The monoisotopic (exact) mass is 566 g/mol. The summed E-state index contributed by atoms with van der Waals surface area (Å²) >= 11 is 1.48. The lowest BCUT2D eigenvalue weighted by Gasteiger charge is -2.30. The molecule has 0 radical (unpaired) electrons. The Hall–Kier alpha value is -3.40. The third kappa shape index (κ3) is 5.46. The maximum Gasteiger partial charge on any atom is 0.410 e. The van der Waals surface area contributed by atoms with E-state index in [1.807, 2.05) is 31.4 Å². The fourth-order valence-electron chi connectivity index (χ4n) is 5.67. The molecule has 9 nitrogen and oxygen atoms in total. The van der Waals surface area contributed by atoms with Gasteiger partial charge < -0.3 is 19.7 Å². The lowest BCUT2D eigenvalue weighted by Crippen LogP contribution is -2.50. The second kappa shape index (κ2) is 11.2. The number of esters is 1. The van der Waals surface area contributed by atoms with E-state index in [4.69, 9.17) is 14.5 Å². The molecule has 3 aliphatic heterocycles. The predicted octanol–water partition coefficient (Wildman–Crippen LogP) is 4.96. The van der Waals surface area contributed by atoms with Crippen LogP contribution in [0.4, 0.5) is 9.93 Å². The fourth-order valence-corrected chi connectivity index (χ4v) is 6.61. The minimum Gasteiger partial charge on any atom is -0.467 e. The second-order valence-corrected chi connectivity index (χ2v) is 12.5. The van der Waals surface area contributed by atoms with Crippen LogP contribution in [-0.2, 0) is 37.6 Å². The smallest absolute Gasteiger partial charge is 0.410 e. The molecule has 214 valence electrons. The van der Waals surface area contributed by atoms with Crippen LogP contribution in [0.3, 0.4) is 0 Å². The number of carbonyl (C=O) groups is 3. The van der Waals surface area contributed by atoms with Crippen LogP contribution in [-0.4, -0.2) is 64.6 Å². The van der Waals surface area contributed by atoms with Crippen molar-refractivity contribution in [3.63, 3.8) is 0 Å². The van der Waals surface area contributed by atoms with Crippen LogP contribution >= 0.6 is 11.3 Å². The molecule has 1 saturated heterocycles. The van der Waals surface area contributed by atoms with Gasteiger partial charge in [0.25, 0.3) is 0 Å². The molecule has 0 spiro atoms. The Morgan fingerprint density at radius 1 is 1.30 bits per heavy atom. The molecule has 0 aliphatic carbocycles. The fraction of sp³-hybridized carbons (Fsp3) is 0.533. The average Bonchev–Trinajstić information content (AvgIpc) is 3.69. The van der Waals surface area contributed by atoms with Crippen molar-refractivity contribution in [3.8, 4) is 0 Å². The van der Waals surface area contributed by atoms with Gasteiger partial charge in [-0.25, -0.2) is 14.6 Å². The molecule has 1 aromatic carbocycles. The van der Waals surface area contributed by atoms with Crippen molar-refractivity contribution < 1.29 is 23.9 Å². The number of anilines is 1. The number of carbonyl (C=O) groups excluding carboxylic acids is 3. The zero-order chi connectivity index (χ0) is 28.6. The van der Waals surface area contributed by atoms with Gasteiger partial charge in [0.1, 0.15) is 18.2 Å². The maximum absolute atomic E-state index is 14.0. The Morgan fingerprint density at radius 3 is 2.85 bits per heavy atom. The number of methoxy groups -OCH3 is 1. The Bertz CT molecular complexity index is 1320. The number of hydrogen-bond donors (Lipinski definition) is 1. The van der Waals surface area contributed by atoms with Gasteiger partial charge in [0.2, 0.25) is 5.91 Å². The molecule has 4 atom stereocenters.